The lowest BCUT2D eigenvalue weighted by molar-refractivity contribution is 0.134. The highest BCUT2D eigenvalue weighted by molar-refractivity contribution is 5.55. The fourth-order valence-corrected chi connectivity index (χ4v) is 2.27. The van der Waals surface area contributed by atoms with E-state index in [9.17, 15) is 0 Å². The van der Waals surface area contributed by atoms with Crippen LogP contribution in [0.3, 0.4) is 0 Å². The smallest absolute Gasteiger partial charge is 0.247 e. The van der Waals surface area contributed by atoms with Crippen molar-refractivity contribution in [3.05, 3.63) is 35.2 Å². The van der Waals surface area contributed by atoms with E-state index in [0.717, 1.165) is 31.5 Å². The molecule has 0 amide bonds. The standard InChI is InChI=1S/C15H19N3O2/c1-2-6-16-7-5-14-17-18-15(20-14)11-3-4-12-9-19-10-13(12)8-11/h3-4,8,16H,2,5-7,9-10H2,1H3. The van der Waals surface area contributed by atoms with Gasteiger partial charge in [-0.25, -0.2) is 0 Å². The maximum atomic E-state index is 5.71. The average Bonchev–Trinajstić information content (AvgIpc) is 3.11. The minimum atomic E-state index is 0.588. The summed E-state index contributed by atoms with van der Waals surface area (Å²) >= 11 is 0. The summed E-state index contributed by atoms with van der Waals surface area (Å²) in [5.41, 5.74) is 3.43. The largest absolute Gasteiger partial charge is 0.421 e. The molecule has 0 saturated heterocycles. The zero-order chi connectivity index (χ0) is 13.8. The molecular weight excluding hydrogens is 254 g/mol. The molecule has 1 N–H and O–H groups in total. The second kappa shape index (κ2) is 6.15. The van der Waals surface area contributed by atoms with Crippen molar-refractivity contribution < 1.29 is 9.15 Å². The number of nitrogens with zero attached hydrogens (tertiary/aromatic N) is 2. The van der Waals surface area contributed by atoms with E-state index < -0.39 is 0 Å². The van der Waals surface area contributed by atoms with E-state index in [4.69, 9.17) is 9.15 Å². The Balaban J connectivity index is 1.67. The number of nitrogens with one attached hydrogen (secondary N) is 1. The third kappa shape index (κ3) is 2.89. The summed E-state index contributed by atoms with van der Waals surface area (Å²) in [7, 11) is 0. The Kier molecular flexibility index (Phi) is 4.08. The van der Waals surface area contributed by atoms with Gasteiger partial charge in [0.05, 0.1) is 13.2 Å². The van der Waals surface area contributed by atoms with Crippen LogP contribution in [0.4, 0.5) is 0 Å². The number of fused-ring (bicyclic) bond motifs is 1. The molecule has 106 valence electrons. The average molecular weight is 273 g/mol. The second-order valence-corrected chi connectivity index (χ2v) is 4.98. The van der Waals surface area contributed by atoms with E-state index in [1.54, 1.807) is 0 Å². The predicted molar refractivity (Wildman–Crippen MR) is 75.1 cm³/mol. The molecule has 0 saturated carbocycles. The highest BCUT2D eigenvalue weighted by Crippen LogP contribution is 2.26. The Hall–Kier alpha value is -1.72. The van der Waals surface area contributed by atoms with E-state index in [1.807, 2.05) is 6.07 Å². The maximum Gasteiger partial charge on any atom is 0.247 e. The summed E-state index contributed by atoms with van der Waals surface area (Å²) in [5, 5.41) is 11.5. The van der Waals surface area contributed by atoms with Gasteiger partial charge in [0.15, 0.2) is 0 Å². The summed E-state index contributed by atoms with van der Waals surface area (Å²) in [4.78, 5) is 0. The van der Waals surface area contributed by atoms with Gasteiger partial charge in [-0.05, 0) is 36.2 Å². The molecule has 20 heavy (non-hydrogen) atoms. The normalized spacial score (nSPS) is 13.7. The van der Waals surface area contributed by atoms with Crippen molar-refractivity contribution in [1.82, 2.24) is 15.5 Å². The van der Waals surface area contributed by atoms with Crippen LogP contribution in [-0.4, -0.2) is 23.3 Å². The SMILES string of the molecule is CCCNCCc1nnc(-c2ccc3c(c2)COC3)o1. The first-order chi connectivity index (χ1) is 9.86. The molecule has 5 nitrogen and oxygen atoms in total. The quantitative estimate of drug-likeness (QED) is 0.818. The molecule has 2 heterocycles. The minimum absolute atomic E-state index is 0.588. The van der Waals surface area contributed by atoms with Gasteiger partial charge >= 0.3 is 0 Å². The summed E-state index contributed by atoms with van der Waals surface area (Å²) in [5.74, 6) is 1.27. The topological polar surface area (TPSA) is 60.2 Å². The monoisotopic (exact) mass is 273 g/mol. The van der Waals surface area contributed by atoms with Crippen LogP contribution >= 0.6 is 0 Å². The highest BCUT2D eigenvalue weighted by Gasteiger charge is 2.14. The number of benzene rings is 1. The Labute approximate surface area is 118 Å². The van der Waals surface area contributed by atoms with Crippen molar-refractivity contribution in [3.8, 4) is 11.5 Å². The number of ether oxygens (including phenoxy) is 1. The molecule has 2 aromatic rings. The van der Waals surface area contributed by atoms with Gasteiger partial charge < -0.3 is 14.5 Å². The molecule has 0 unspecified atom stereocenters. The van der Waals surface area contributed by atoms with E-state index in [-0.39, 0.29) is 0 Å². The zero-order valence-corrected chi connectivity index (χ0v) is 11.7. The third-order valence-electron chi connectivity index (χ3n) is 3.38. The fourth-order valence-electron chi connectivity index (χ4n) is 2.27. The molecule has 0 spiro atoms. The Morgan fingerprint density at radius 2 is 2.05 bits per heavy atom. The molecule has 0 atom stereocenters. The molecule has 3 rings (SSSR count). The Bertz CT molecular complexity index is 580. The van der Waals surface area contributed by atoms with Gasteiger partial charge in [0.1, 0.15) is 0 Å². The van der Waals surface area contributed by atoms with Gasteiger partial charge in [-0.1, -0.05) is 13.0 Å². The summed E-state index contributed by atoms with van der Waals surface area (Å²) in [6.07, 6.45) is 1.90. The lowest BCUT2D eigenvalue weighted by atomic mass is 10.1. The molecule has 0 bridgehead atoms. The van der Waals surface area contributed by atoms with Crippen molar-refractivity contribution in [2.24, 2.45) is 0 Å². The lowest BCUT2D eigenvalue weighted by Gasteiger charge is -2.00. The van der Waals surface area contributed by atoms with Crippen LogP contribution in [0.2, 0.25) is 0 Å². The highest BCUT2D eigenvalue weighted by atomic mass is 16.5. The molecule has 0 fully saturated rings. The molecule has 0 radical (unpaired) electrons. The van der Waals surface area contributed by atoms with Crippen LogP contribution in [0, 0.1) is 0 Å². The first-order valence-electron chi connectivity index (χ1n) is 7.10. The first kappa shape index (κ1) is 13.3. The van der Waals surface area contributed by atoms with Crippen LogP contribution in [0.5, 0.6) is 0 Å². The molecule has 1 aromatic carbocycles. The van der Waals surface area contributed by atoms with E-state index >= 15 is 0 Å². The van der Waals surface area contributed by atoms with Crippen LogP contribution in [-0.2, 0) is 24.4 Å². The van der Waals surface area contributed by atoms with Crippen molar-refractivity contribution in [3.63, 3.8) is 0 Å². The van der Waals surface area contributed by atoms with Crippen LogP contribution in [0.1, 0.15) is 30.4 Å². The van der Waals surface area contributed by atoms with Crippen LogP contribution < -0.4 is 5.32 Å². The number of aromatic nitrogens is 2. The van der Waals surface area contributed by atoms with Gasteiger partial charge in [0.25, 0.3) is 0 Å². The minimum Gasteiger partial charge on any atom is -0.421 e. The van der Waals surface area contributed by atoms with Crippen molar-refractivity contribution in [1.29, 1.82) is 0 Å². The van der Waals surface area contributed by atoms with Gasteiger partial charge in [-0.3, -0.25) is 0 Å². The maximum absolute atomic E-state index is 5.71. The van der Waals surface area contributed by atoms with Gasteiger partial charge in [-0.15, -0.1) is 10.2 Å². The van der Waals surface area contributed by atoms with Crippen LogP contribution in [0.25, 0.3) is 11.5 Å². The second-order valence-electron chi connectivity index (χ2n) is 4.98. The summed E-state index contributed by atoms with van der Waals surface area (Å²) in [6.45, 7) is 5.41. The molecule has 1 aliphatic heterocycles. The first-order valence-corrected chi connectivity index (χ1v) is 7.10. The Morgan fingerprint density at radius 3 is 2.95 bits per heavy atom. The molecule has 1 aliphatic rings. The van der Waals surface area contributed by atoms with E-state index in [2.05, 4.69) is 34.6 Å². The van der Waals surface area contributed by atoms with Gasteiger partial charge in [0.2, 0.25) is 11.8 Å². The molecule has 0 aliphatic carbocycles. The zero-order valence-electron chi connectivity index (χ0n) is 11.7. The van der Waals surface area contributed by atoms with E-state index in [0.29, 0.717) is 25.0 Å². The molecule has 5 heteroatoms. The fraction of sp³-hybridized carbons (Fsp3) is 0.467. The van der Waals surface area contributed by atoms with Crippen molar-refractivity contribution in [2.45, 2.75) is 33.0 Å². The predicted octanol–water partition coefficient (Wildman–Crippen LogP) is 2.31. The number of rotatable bonds is 6. The summed E-state index contributed by atoms with van der Waals surface area (Å²) < 4.78 is 11.1. The molecule has 1 aromatic heterocycles. The van der Waals surface area contributed by atoms with Gasteiger partial charge in [0, 0.05) is 18.5 Å². The van der Waals surface area contributed by atoms with Crippen molar-refractivity contribution >= 4 is 0 Å². The third-order valence-corrected chi connectivity index (χ3v) is 3.38. The Morgan fingerprint density at radius 1 is 1.15 bits per heavy atom. The van der Waals surface area contributed by atoms with E-state index in [1.165, 1.54) is 11.1 Å². The van der Waals surface area contributed by atoms with Crippen LogP contribution in [0.15, 0.2) is 22.6 Å². The number of hydrogen-bond acceptors (Lipinski definition) is 5. The lowest BCUT2D eigenvalue weighted by Crippen LogP contribution is -2.17. The van der Waals surface area contributed by atoms with Crippen molar-refractivity contribution in [2.75, 3.05) is 13.1 Å². The molecular formula is C15H19N3O2. The van der Waals surface area contributed by atoms with Gasteiger partial charge in [-0.2, -0.15) is 0 Å². The summed E-state index contributed by atoms with van der Waals surface area (Å²) in [6, 6.07) is 6.17. The number of hydrogen-bond donors (Lipinski definition) is 1.